The molecule has 0 radical (unpaired) electrons. The van der Waals surface area contributed by atoms with Crippen LogP contribution in [-0.4, -0.2) is 26.4 Å². The molecule has 0 aliphatic heterocycles. The minimum atomic E-state index is 0.408. The summed E-state index contributed by atoms with van der Waals surface area (Å²) in [7, 11) is 0. The summed E-state index contributed by atoms with van der Waals surface area (Å²) in [6.07, 6.45) is 10.1. The molecule has 0 spiro atoms. The summed E-state index contributed by atoms with van der Waals surface area (Å²) in [5, 5.41) is 17.2. The van der Waals surface area contributed by atoms with Gasteiger partial charge in [-0.1, -0.05) is 0 Å². The first kappa shape index (κ1) is 15.8. The van der Waals surface area contributed by atoms with Crippen molar-refractivity contribution in [3.63, 3.8) is 0 Å². The van der Waals surface area contributed by atoms with Gasteiger partial charge in [0, 0.05) is 6.61 Å². The van der Waals surface area contributed by atoms with E-state index < -0.39 is 0 Å². The van der Waals surface area contributed by atoms with Crippen LogP contribution in [0.5, 0.6) is 0 Å². The lowest BCUT2D eigenvalue weighted by molar-refractivity contribution is 0.0175. The van der Waals surface area contributed by atoms with Gasteiger partial charge in [0.15, 0.2) is 0 Å². The standard InChI is InChI=1S/C18H26N2O2/c19-10-1-12-21-14-9-16(3-4-16)18(7-8-18)17(5-6-17)15-22-13-2-11-20/h1-9,12-15H2. The molecule has 0 atom stereocenters. The molecule has 0 unspecified atom stereocenters. The Morgan fingerprint density at radius 3 is 1.82 bits per heavy atom. The second-order valence-electron chi connectivity index (χ2n) is 7.37. The molecule has 0 aromatic rings. The van der Waals surface area contributed by atoms with Crippen LogP contribution in [0, 0.1) is 38.9 Å². The predicted octanol–water partition coefficient (Wildman–Crippen LogP) is 3.58. The lowest BCUT2D eigenvalue weighted by atomic mass is 9.71. The average molecular weight is 302 g/mol. The molecule has 0 saturated heterocycles. The van der Waals surface area contributed by atoms with E-state index >= 15 is 0 Å². The second kappa shape index (κ2) is 6.19. The molecule has 3 rings (SSSR count). The zero-order chi connectivity index (χ0) is 15.5. The van der Waals surface area contributed by atoms with E-state index in [1.54, 1.807) is 0 Å². The van der Waals surface area contributed by atoms with Crippen LogP contribution < -0.4 is 0 Å². The first-order valence-corrected chi connectivity index (χ1v) is 8.64. The minimum absolute atomic E-state index is 0.408. The molecule has 22 heavy (non-hydrogen) atoms. The Morgan fingerprint density at radius 1 is 0.727 bits per heavy atom. The average Bonchev–Trinajstić information content (AvgIpc) is 3.36. The van der Waals surface area contributed by atoms with Crippen molar-refractivity contribution in [1.82, 2.24) is 0 Å². The highest BCUT2D eigenvalue weighted by molar-refractivity contribution is 5.25. The topological polar surface area (TPSA) is 66.0 Å². The van der Waals surface area contributed by atoms with Gasteiger partial charge in [-0.15, -0.1) is 0 Å². The van der Waals surface area contributed by atoms with Gasteiger partial charge in [0.25, 0.3) is 0 Å². The van der Waals surface area contributed by atoms with Gasteiger partial charge in [0.1, 0.15) is 0 Å². The maximum absolute atomic E-state index is 8.62. The number of ether oxygens (including phenoxy) is 2. The maximum atomic E-state index is 8.62. The van der Waals surface area contributed by atoms with Crippen LogP contribution in [0.15, 0.2) is 0 Å². The highest BCUT2D eigenvalue weighted by Crippen LogP contribution is 2.83. The van der Waals surface area contributed by atoms with Gasteiger partial charge < -0.3 is 9.47 Å². The summed E-state index contributed by atoms with van der Waals surface area (Å²) < 4.78 is 11.4. The molecular formula is C18H26N2O2. The summed E-state index contributed by atoms with van der Waals surface area (Å²) in [6, 6.07) is 4.28. The van der Waals surface area contributed by atoms with Crippen LogP contribution in [0.1, 0.15) is 57.8 Å². The monoisotopic (exact) mass is 302 g/mol. The number of hydrogen-bond donors (Lipinski definition) is 0. The van der Waals surface area contributed by atoms with Gasteiger partial charge in [-0.25, -0.2) is 0 Å². The maximum Gasteiger partial charge on any atom is 0.0645 e. The Morgan fingerprint density at radius 2 is 1.32 bits per heavy atom. The van der Waals surface area contributed by atoms with Crippen molar-refractivity contribution in [2.75, 3.05) is 26.4 Å². The van der Waals surface area contributed by atoms with E-state index in [1.165, 1.54) is 38.5 Å². The van der Waals surface area contributed by atoms with Crippen LogP contribution in [0.2, 0.25) is 0 Å². The summed E-state index contributed by atoms with van der Waals surface area (Å²) in [4.78, 5) is 0. The van der Waals surface area contributed by atoms with Gasteiger partial charge in [-0.3, -0.25) is 0 Å². The lowest BCUT2D eigenvalue weighted by Crippen LogP contribution is -2.33. The van der Waals surface area contributed by atoms with E-state index in [-0.39, 0.29) is 0 Å². The normalized spacial score (nSPS) is 25.0. The Labute approximate surface area is 133 Å². The molecule has 3 fully saturated rings. The summed E-state index contributed by atoms with van der Waals surface area (Å²) >= 11 is 0. The lowest BCUT2D eigenvalue weighted by Gasteiger charge is -2.35. The van der Waals surface area contributed by atoms with Crippen LogP contribution in [-0.2, 0) is 9.47 Å². The minimum Gasteiger partial charge on any atom is -0.380 e. The van der Waals surface area contributed by atoms with E-state index in [1.807, 2.05) is 0 Å². The van der Waals surface area contributed by atoms with Crippen LogP contribution in [0.25, 0.3) is 0 Å². The van der Waals surface area contributed by atoms with Crippen molar-refractivity contribution in [3.05, 3.63) is 0 Å². The third-order valence-corrected chi connectivity index (χ3v) is 6.31. The van der Waals surface area contributed by atoms with Crippen molar-refractivity contribution in [1.29, 1.82) is 10.5 Å². The third kappa shape index (κ3) is 2.75. The van der Waals surface area contributed by atoms with Crippen molar-refractivity contribution < 1.29 is 9.47 Å². The van der Waals surface area contributed by atoms with E-state index in [0.29, 0.717) is 42.3 Å². The van der Waals surface area contributed by atoms with Gasteiger partial charge in [0.05, 0.1) is 44.8 Å². The fraction of sp³-hybridized carbons (Fsp3) is 0.889. The first-order chi connectivity index (χ1) is 10.7. The summed E-state index contributed by atoms with van der Waals surface area (Å²) in [5.74, 6) is 0. The second-order valence-corrected chi connectivity index (χ2v) is 7.37. The molecule has 3 saturated carbocycles. The molecule has 0 aromatic carbocycles. The summed E-state index contributed by atoms with van der Waals surface area (Å²) in [6.45, 7) is 2.81. The van der Waals surface area contributed by atoms with E-state index in [0.717, 1.165) is 19.6 Å². The van der Waals surface area contributed by atoms with Crippen LogP contribution in [0.4, 0.5) is 0 Å². The molecule has 0 amide bonds. The molecule has 0 heterocycles. The third-order valence-electron chi connectivity index (χ3n) is 6.31. The quantitative estimate of drug-likeness (QED) is 0.547. The fourth-order valence-corrected chi connectivity index (χ4v) is 4.65. The van der Waals surface area contributed by atoms with E-state index in [4.69, 9.17) is 20.0 Å². The van der Waals surface area contributed by atoms with Crippen molar-refractivity contribution in [2.45, 2.75) is 57.8 Å². The fourth-order valence-electron chi connectivity index (χ4n) is 4.65. The number of hydrogen-bond acceptors (Lipinski definition) is 4. The number of nitriles is 2. The smallest absolute Gasteiger partial charge is 0.0645 e. The van der Waals surface area contributed by atoms with E-state index in [9.17, 15) is 0 Å². The molecule has 4 heteroatoms. The van der Waals surface area contributed by atoms with Gasteiger partial charge >= 0.3 is 0 Å². The van der Waals surface area contributed by atoms with E-state index in [2.05, 4.69) is 12.1 Å². The number of nitrogens with zero attached hydrogens (tertiary/aromatic N) is 2. The van der Waals surface area contributed by atoms with Gasteiger partial charge in [0.2, 0.25) is 0 Å². The Bertz CT molecular complexity index is 476. The zero-order valence-corrected chi connectivity index (χ0v) is 13.4. The van der Waals surface area contributed by atoms with Crippen molar-refractivity contribution >= 4 is 0 Å². The molecule has 0 aromatic heterocycles. The summed E-state index contributed by atoms with van der Waals surface area (Å²) in [5.41, 5.74) is 1.41. The largest absolute Gasteiger partial charge is 0.380 e. The SMILES string of the molecule is N#CCCOCCC1(C2(C3(COCCC#N)CC3)CC2)CC1. The predicted molar refractivity (Wildman–Crippen MR) is 81.7 cm³/mol. The molecule has 0 N–H and O–H groups in total. The zero-order valence-electron chi connectivity index (χ0n) is 13.4. The highest BCUT2D eigenvalue weighted by atomic mass is 16.5. The Balaban J connectivity index is 1.50. The molecule has 3 aliphatic rings. The van der Waals surface area contributed by atoms with Gasteiger partial charge in [-0.2, -0.15) is 10.5 Å². The Hall–Kier alpha value is -1.10. The number of rotatable bonds is 11. The first-order valence-electron chi connectivity index (χ1n) is 8.64. The molecule has 4 nitrogen and oxygen atoms in total. The Kier molecular flexibility index (Phi) is 4.44. The van der Waals surface area contributed by atoms with Crippen LogP contribution in [0.3, 0.4) is 0 Å². The molecule has 0 bridgehead atoms. The van der Waals surface area contributed by atoms with Gasteiger partial charge in [-0.05, 0) is 61.2 Å². The van der Waals surface area contributed by atoms with Crippen molar-refractivity contribution in [3.8, 4) is 12.1 Å². The van der Waals surface area contributed by atoms with Crippen LogP contribution >= 0.6 is 0 Å². The highest BCUT2D eigenvalue weighted by Gasteiger charge is 2.75. The molecular weight excluding hydrogens is 276 g/mol. The molecule has 3 aliphatic carbocycles. The molecule has 120 valence electrons. The van der Waals surface area contributed by atoms with Crippen molar-refractivity contribution in [2.24, 2.45) is 16.2 Å².